The summed E-state index contributed by atoms with van der Waals surface area (Å²) in [6, 6.07) is 1.10. The Balaban J connectivity index is 3.15. The zero-order valence-electron chi connectivity index (χ0n) is 4.56. The van der Waals surface area contributed by atoms with Crippen molar-refractivity contribution in [3.63, 3.8) is 0 Å². The molecule has 0 aliphatic carbocycles. The second kappa shape index (κ2) is 2.25. The maximum absolute atomic E-state index is 10.00. The van der Waals surface area contributed by atoms with Crippen molar-refractivity contribution in [1.82, 2.24) is 9.94 Å². The summed E-state index contributed by atoms with van der Waals surface area (Å²) in [4.78, 5) is 9.46. The Bertz CT molecular complexity index is 270. The van der Waals surface area contributed by atoms with Gasteiger partial charge in [-0.15, -0.1) is 0 Å². The van der Waals surface area contributed by atoms with E-state index in [1.807, 2.05) is 0 Å². The molecule has 7 heteroatoms. The molecule has 0 amide bonds. The van der Waals surface area contributed by atoms with E-state index in [9.17, 15) is 10.1 Å². The number of nitrogens with zero attached hydrogens (tertiary/aromatic N) is 3. The molecular formula is C3H2BrN3O3. The lowest BCUT2D eigenvalue weighted by molar-refractivity contribution is -0.397. The van der Waals surface area contributed by atoms with E-state index in [4.69, 9.17) is 5.21 Å². The monoisotopic (exact) mass is 207 g/mol. The Morgan fingerprint density at radius 2 is 2.50 bits per heavy atom. The summed E-state index contributed by atoms with van der Waals surface area (Å²) in [7, 11) is 0. The van der Waals surface area contributed by atoms with Crippen LogP contribution in [0.2, 0.25) is 0 Å². The molecule has 0 bridgehead atoms. The third-order valence-corrected chi connectivity index (χ3v) is 1.22. The zero-order valence-corrected chi connectivity index (χ0v) is 6.15. The van der Waals surface area contributed by atoms with Gasteiger partial charge in [0.05, 0.1) is 10.9 Å². The molecular weight excluding hydrogens is 206 g/mol. The average Bonchev–Trinajstić information content (AvgIpc) is 2.10. The maximum atomic E-state index is 10.00. The molecule has 1 aromatic rings. The van der Waals surface area contributed by atoms with E-state index >= 15 is 0 Å². The van der Waals surface area contributed by atoms with Crippen LogP contribution in [0.1, 0.15) is 0 Å². The van der Waals surface area contributed by atoms with Crippen LogP contribution in [0.5, 0.6) is 0 Å². The number of hydrogen-bond acceptors (Lipinski definition) is 4. The molecule has 0 aromatic carbocycles. The van der Waals surface area contributed by atoms with E-state index in [1.54, 1.807) is 0 Å². The molecule has 0 aliphatic rings. The van der Waals surface area contributed by atoms with Gasteiger partial charge in [-0.3, -0.25) is 0 Å². The van der Waals surface area contributed by atoms with E-state index < -0.39 is 10.7 Å². The van der Waals surface area contributed by atoms with Crippen molar-refractivity contribution < 1.29 is 10.1 Å². The average molecular weight is 208 g/mol. The van der Waals surface area contributed by atoms with E-state index in [1.165, 1.54) is 0 Å². The van der Waals surface area contributed by atoms with E-state index in [0.717, 1.165) is 6.07 Å². The van der Waals surface area contributed by atoms with E-state index in [-0.39, 0.29) is 9.45 Å². The van der Waals surface area contributed by atoms with Gasteiger partial charge in [0, 0.05) is 0 Å². The molecule has 0 aliphatic heterocycles. The minimum Gasteiger partial charge on any atom is -0.358 e. The molecule has 0 unspecified atom stereocenters. The summed E-state index contributed by atoms with van der Waals surface area (Å²) < 4.78 is 0.224. The Kier molecular flexibility index (Phi) is 1.58. The van der Waals surface area contributed by atoms with Crippen molar-refractivity contribution in [3.8, 4) is 0 Å². The molecule has 1 heterocycles. The lowest BCUT2D eigenvalue weighted by Gasteiger charge is -1.86. The van der Waals surface area contributed by atoms with Gasteiger partial charge in [0.2, 0.25) is 0 Å². The van der Waals surface area contributed by atoms with Crippen molar-refractivity contribution in [1.29, 1.82) is 0 Å². The Morgan fingerprint density at radius 1 is 1.90 bits per heavy atom. The molecule has 0 radical (unpaired) electrons. The van der Waals surface area contributed by atoms with Crippen LogP contribution in [0.4, 0.5) is 5.82 Å². The molecule has 0 atom stereocenters. The van der Waals surface area contributed by atoms with Crippen LogP contribution in [-0.4, -0.2) is 20.1 Å². The van der Waals surface area contributed by atoms with Gasteiger partial charge >= 0.3 is 5.82 Å². The van der Waals surface area contributed by atoms with Crippen LogP contribution in [0, 0.1) is 10.1 Å². The first-order valence-electron chi connectivity index (χ1n) is 2.20. The van der Waals surface area contributed by atoms with Crippen molar-refractivity contribution in [2.24, 2.45) is 0 Å². The van der Waals surface area contributed by atoms with Gasteiger partial charge in [-0.05, 0) is 26.0 Å². The summed E-state index contributed by atoms with van der Waals surface area (Å²) in [6.45, 7) is 0. The highest BCUT2D eigenvalue weighted by atomic mass is 79.9. The standard InChI is InChI=1S/C3H2BrN3O3/c4-2-1-3(7(9)10)6(8)5-2/h1,8H. The summed E-state index contributed by atoms with van der Waals surface area (Å²) in [5.74, 6) is -0.466. The molecule has 6 nitrogen and oxygen atoms in total. The van der Waals surface area contributed by atoms with Crippen molar-refractivity contribution >= 4 is 21.7 Å². The minimum atomic E-state index is -0.738. The molecule has 1 N–H and O–H groups in total. The van der Waals surface area contributed by atoms with Crippen molar-refractivity contribution in [3.05, 3.63) is 20.8 Å². The fraction of sp³-hybridized carbons (Fsp3) is 0. The summed E-state index contributed by atoms with van der Waals surface area (Å²) in [5.41, 5.74) is 0. The number of nitro groups is 1. The van der Waals surface area contributed by atoms with Crippen LogP contribution in [0.25, 0.3) is 0 Å². The lowest BCUT2D eigenvalue weighted by Crippen LogP contribution is -1.98. The van der Waals surface area contributed by atoms with E-state index in [0.29, 0.717) is 0 Å². The first-order valence-corrected chi connectivity index (χ1v) is 3.00. The van der Waals surface area contributed by atoms with Crippen LogP contribution in [0.15, 0.2) is 10.7 Å². The van der Waals surface area contributed by atoms with Gasteiger partial charge in [0.25, 0.3) is 0 Å². The summed E-state index contributed by atoms with van der Waals surface area (Å²) in [6.07, 6.45) is 0. The van der Waals surface area contributed by atoms with Crippen LogP contribution < -0.4 is 0 Å². The summed E-state index contributed by atoms with van der Waals surface area (Å²) in [5, 5.41) is 21.9. The normalized spacial score (nSPS) is 9.70. The van der Waals surface area contributed by atoms with Crippen LogP contribution in [-0.2, 0) is 0 Å². The third kappa shape index (κ3) is 1.08. The molecule has 0 spiro atoms. The fourth-order valence-corrected chi connectivity index (χ4v) is 0.816. The first-order chi connectivity index (χ1) is 4.61. The molecule has 0 saturated carbocycles. The lowest BCUT2D eigenvalue weighted by atomic mass is 10.7. The quantitative estimate of drug-likeness (QED) is 0.420. The number of halogens is 1. The highest BCUT2D eigenvalue weighted by Gasteiger charge is 2.15. The van der Waals surface area contributed by atoms with E-state index in [2.05, 4.69) is 21.0 Å². The van der Waals surface area contributed by atoms with Crippen LogP contribution in [0.3, 0.4) is 0 Å². The highest BCUT2D eigenvalue weighted by Crippen LogP contribution is 2.15. The van der Waals surface area contributed by atoms with Gasteiger partial charge in [-0.2, -0.15) is 0 Å². The maximum Gasteiger partial charge on any atom is 0.388 e. The number of hydrogen-bond donors (Lipinski definition) is 1. The molecule has 1 aromatic heterocycles. The first kappa shape index (κ1) is 7.00. The van der Waals surface area contributed by atoms with Gasteiger partial charge < -0.3 is 15.3 Å². The second-order valence-electron chi connectivity index (χ2n) is 1.47. The zero-order chi connectivity index (χ0) is 7.72. The predicted molar refractivity (Wildman–Crippen MR) is 33.8 cm³/mol. The molecule has 1 rings (SSSR count). The highest BCUT2D eigenvalue weighted by molar-refractivity contribution is 9.10. The van der Waals surface area contributed by atoms with Gasteiger partial charge in [-0.1, -0.05) is 0 Å². The molecule has 54 valence electrons. The molecule has 10 heavy (non-hydrogen) atoms. The number of aromatic nitrogens is 2. The Labute approximate surface area is 63.3 Å². The second-order valence-corrected chi connectivity index (χ2v) is 2.28. The van der Waals surface area contributed by atoms with Gasteiger partial charge in [0.1, 0.15) is 0 Å². The largest absolute Gasteiger partial charge is 0.388 e. The fourth-order valence-electron chi connectivity index (χ4n) is 0.461. The molecule has 0 fully saturated rings. The SMILES string of the molecule is O=[N+]([O-])c1cc(Br)nn1O. The Morgan fingerprint density at radius 3 is 2.70 bits per heavy atom. The predicted octanol–water partition coefficient (Wildman–Crippen LogP) is 0.791. The number of rotatable bonds is 1. The van der Waals surface area contributed by atoms with Gasteiger partial charge in [0.15, 0.2) is 4.60 Å². The Hall–Kier alpha value is -1.11. The smallest absolute Gasteiger partial charge is 0.358 e. The van der Waals surface area contributed by atoms with Crippen molar-refractivity contribution in [2.75, 3.05) is 0 Å². The third-order valence-electron chi connectivity index (χ3n) is 0.830. The topological polar surface area (TPSA) is 81.2 Å². The minimum absolute atomic E-state index is 0.198. The van der Waals surface area contributed by atoms with Crippen molar-refractivity contribution in [2.45, 2.75) is 0 Å². The van der Waals surface area contributed by atoms with Crippen LogP contribution >= 0.6 is 15.9 Å². The van der Waals surface area contributed by atoms with Gasteiger partial charge in [-0.25, -0.2) is 0 Å². The summed E-state index contributed by atoms with van der Waals surface area (Å²) >= 11 is 2.85. The molecule has 0 saturated heterocycles.